The van der Waals surface area contributed by atoms with E-state index in [1.807, 2.05) is 39.0 Å². The fourth-order valence-corrected chi connectivity index (χ4v) is 3.70. The van der Waals surface area contributed by atoms with Crippen LogP contribution in [0.15, 0.2) is 52.8 Å². The van der Waals surface area contributed by atoms with Crippen molar-refractivity contribution in [3.8, 4) is 0 Å². The van der Waals surface area contributed by atoms with Gasteiger partial charge in [-0.2, -0.15) is 0 Å². The number of hydrogen-bond acceptors (Lipinski definition) is 5. The Morgan fingerprint density at radius 3 is 2.77 bits per heavy atom. The van der Waals surface area contributed by atoms with Gasteiger partial charge >= 0.3 is 0 Å². The SMILES string of the molecule is Cc1ccc(C)c(NC(=O)c2csc([C@H](C)NC(=O)CCn3ccccc3=O)n2)c1. The zero-order valence-electron chi connectivity index (χ0n) is 17.1. The maximum atomic E-state index is 12.5. The molecule has 156 valence electrons. The molecule has 0 fully saturated rings. The van der Waals surface area contributed by atoms with Gasteiger partial charge in [0.15, 0.2) is 0 Å². The summed E-state index contributed by atoms with van der Waals surface area (Å²) in [7, 11) is 0. The molecule has 3 rings (SSSR count). The molecule has 0 radical (unpaired) electrons. The van der Waals surface area contributed by atoms with Crippen LogP contribution >= 0.6 is 11.3 Å². The van der Waals surface area contributed by atoms with E-state index in [2.05, 4.69) is 15.6 Å². The Morgan fingerprint density at radius 1 is 1.20 bits per heavy atom. The molecule has 0 unspecified atom stereocenters. The second-order valence-corrected chi connectivity index (χ2v) is 8.00. The number of benzene rings is 1. The van der Waals surface area contributed by atoms with Gasteiger partial charge in [-0.1, -0.05) is 18.2 Å². The number of thiazole rings is 1. The largest absolute Gasteiger partial charge is 0.347 e. The summed E-state index contributed by atoms with van der Waals surface area (Å²) in [5.41, 5.74) is 2.96. The molecular formula is C22H24N4O3S. The van der Waals surface area contributed by atoms with Crippen molar-refractivity contribution < 1.29 is 9.59 Å². The van der Waals surface area contributed by atoms with Gasteiger partial charge in [-0.3, -0.25) is 14.4 Å². The molecule has 0 spiro atoms. The summed E-state index contributed by atoms with van der Waals surface area (Å²) in [6, 6.07) is 10.4. The van der Waals surface area contributed by atoms with Gasteiger partial charge in [-0.25, -0.2) is 4.98 Å². The topological polar surface area (TPSA) is 93.1 Å². The average molecular weight is 425 g/mol. The van der Waals surface area contributed by atoms with Crippen LogP contribution in [-0.4, -0.2) is 21.4 Å². The van der Waals surface area contributed by atoms with Crippen LogP contribution < -0.4 is 16.2 Å². The molecule has 0 aliphatic heterocycles. The third-order valence-electron chi connectivity index (χ3n) is 4.62. The van der Waals surface area contributed by atoms with Gasteiger partial charge in [0.1, 0.15) is 10.7 Å². The molecule has 1 aromatic carbocycles. The number of aryl methyl sites for hydroxylation is 3. The molecule has 2 heterocycles. The fourth-order valence-electron chi connectivity index (χ4n) is 2.89. The van der Waals surface area contributed by atoms with E-state index in [1.165, 1.54) is 22.0 Å². The Balaban J connectivity index is 1.57. The Kier molecular flexibility index (Phi) is 6.79. The van der Waals surface area contributed by atoms with Crippen LogP contribution in [-0.2, 0) is 11.3 Å². The van der Waals surface area contributed by atoms with Gasteiger partial charge in [-0.05, 0) is 44.0 Å². The van der Waals surface area contributed by atoms with Crippen LogP contribution in [0.1, 0.15) is 46.0 Å². The summed E-state index contributed by atoms with van der Waals surface area (Å²) in [4.78, 5) is 40.9. The number of carbonyl (C=O) groups is 2. The molecule has 8 heteroatoms. The lowest BCUT2D eigenvalue weighted by Gasteiger charge is -2.12. The first kappa shape index (κ1) is 21.4. The molecular weight excluding hydrogens is 400 g/mol. The van der Waals surface area contributed by atoms with Crippen molar-refractivity contribution in [2.75, 3.05) is 5.32 Å². The zero-order chi connectivity index (χ0) is 21.7. The standard InChI is InChI=1S/C22H24N4O3S/c1-14-7-8-15(2)17(12-14)24-21(29)18-13-30-22(25-18)16(3)23-19(27)9-11-26-10-5-4-6-20(26)28/h4-8,10,12-13,16H,9,11H2,1-3H3,(H,23,27)(H,24,29)/t16-/m0/s1. The quantitative estimate of drug-likeness (QED) is 0.608. The zero-order valence-corrected chi connectivity index (χ0v) is 18.0. The highest BCUT2D eigenvalue weighted by Gasteiger charge is 2.17. The lowest BCUT2D eigenvalue weighted by molar-refractivity contribution is -0.121. The van der Waals surface area contributed by atoms with E-state index in [0.29, 0.717) is 17.2 Å². The number of rotatable bonds is 7. The number of amides is 2. The van der Waals surface area contributed by atoms with E-state index in [0.717, 1.165) is 16.8 Å². The smallest absolute Gasteiger partial charge is 0.275 e. The number of hydrogen-bond donors (Lipinski definition) is 2. The van der Waals surface area contributed by atoms with E-state index in [9.17, 15) is 14.4 Å². The maximum absolute atomic E-state index is 12.5. The van der Waals surface area contributed by atoms with E-state index in [1.54, 1.807) is 23.7 Å². The van der Waals surface area contributed by atoms with Crippen molar-refractivity contribution in [3.05, 3.63) is 80.2 Å². The predicted molar refractivity (Wildman–Crippen MR) is 118 cm³/mol. The van der Waals surface area contributed by atoms with Crippen molar-refractivity contribution in [3.63, 3.8) is 0 Å². The Morgan fingerprint density at radius 2 is 2.00 bits per heavy atom. The van der Waals surface area contributed by atoms with Crippen molar-refractivity contribution in [2.45, 2.75) is 39.8 Å². The van der Waals surface area contributed by atoms with Crippen LogP contribution in [0.25, 0.3) is 0 Å². The van der Waals surface area contributed by atoms with Crippen LogP contribution in [0.4, 0.5) is 5.69 Å². The molecule has 2 amide bonds. The average Bonchev–Trinajstić information content (AvgIpc) is 3.21. The van der Waals surface area contributed by atoms with Crippen molar-refractivity contribution in [1.29, 1.82) is 0 Å². The normalized spacial score (nSPS) is 11.7. The Hall–Kier alpha value is -3.26. The summed E-state index contributed by atoms with van der Waals surface area (Å²) >= 11 is 1.32. The second-order valence-electron chi connectivity index (χ2n) is 7.11. The second kappa shape index (κ2) is 9.49. The highest BCUT2D eigenvalue weighted by atomic mass is 32.1. The Labute approximate surface area is 178 Å². The van der Waals surface area contributed by atoms with Crippen LogP contribution in [0, 0.1) is 13.8 Å². The van der Waals surface area contributed by atoms with Crippen LogP contribution in [0.5, 0.6) is 0 Å². The van der Waals surface area contributed by atoms with Crippen LogP contribution in [0.2, 0.25) is 0 Å². The van der Waals surface area contributed by atoms with Gasteiger partial charge in [0.25, 0.3) is 11.5 Å². The fraction of sp³-hybridized carbons (Fsp3) is 0.273. The van der Waals surface area contributed by atoms with Gasteiger partial charge in [0.2, 0.25) is 5.91 Å². The monoisotopic (exact) mass is 424 g/mol. The molecule has 2 N–H and O–H groups in total. The minimum Gasteiger partial charge on any atom is -0.347 e. The molecule has 1 atom stereocenters. The number of nitrogens with one attached hydrogen (secondary N) is 2. The number of carbonyl (C=O) groups excluding carboxylic acids is 2. The van der Waals surface area contributed by atoms with Gasteiger partial charge < -0.3 is 15.2 Å². The lowest BCUT2D eigenvalue weighted by atomic mass is 10.1. The molecule has 0 saturated carbocycles. The summed E-state index contributed by atoms with van der Waals surface area (Å²) < 4.78 is 1.49. The molecule has 7 nitrogen and oxygen atoms in total. The highest BCUT2D eigenvalue weighted by molar-refractivity contribution is 7.09. The first-order valence-electron chi connectivity index (χ1n) is 9.62. The predicted octanol–water partition coefficient (Wildman–Crippen LogP) is 3.44. The third kappa shape index (κ3) is 5.42. The van der Waals surface area contributed by atoms with Gasteiger partial charge in [0, 0.05) is 36.3 Å². The lowest BCUT2D eigenvalue weighted by Crippen LogP contribution is -2.29. The first-order chi connectivity index (χ1) is 14.3. The highest BCUT2D eigenvalue weighted by Crippen LogP contribution is 2.21. The van der Waals surface area contributed by atoms with Gasteiger partial charge in [0.05, 0.1) is 6.04 Å². The molecule has 30 heavy (non-hydrogen) atoms. The van der Waals surface area contributed by atoms with E-state index < -0.39 is 0 Å². The third-order valence-corrected chi connectivity index (χ3v) is 5.65. The molecule has 0 aliphatic rings. The van der Waals surface area contributed by atoms with E-state index in [4.69, 9.17) is 0 Å². The van der Waals surface area contributed by atoms with Crippen molar-refractivity contribution in [1.82, 2.24) is 14.9 Å². The summed E-state index contributed by atoms with van der Waals surface area (Å²) in [5.74, 6) is -0.469. The minimum atomic E-state index is -0.336. The first-order valence-corrected chi connectivity index (χ1v) is 10.5. The number of nitrogens with zero attached hydrogens (tertiary/aromatic N) is 2. The molecule has 0 bridgehead atoms. The molecule has 0 aliphatic carbocycles. The van der Waals surface area contributed by atoms with E-state index >= 15 is 0 Å². The number of anilines is 1. The molecule has 2 aromatic heterocycles. The summed E-state index contributed by atoms with van der Waals surface area (Å²) in [5, 5.41) is 8.08. The van der Waals surface area contributed by atoms with Crippen molar-refractivity contribution >= 4 is 28.8 Å². The molecule has 0 saturated heterocycles. The van der Waals surface area contributed by atoms with Crippen molar-refractivity contribution in [2.24, 2.45) is 0 Å². The van der Waals surface area contributed by atoms with Crippen LogP contribution in [0.3, 0.4) is 0 Å². The number of pyridine rings is 1. The maximum Gasteiger partial charge on any atom is 0.275 e. The Bertz CT molecular complexity index is 1120. The summed E-state index contributed by atoms with van der Waals surface area (Å²) in [6.45, 7) is 6.02. The van der Waals surface area contributed by atoms with Gasteiger partial charge in [-0.15, -0.1) is 11.3 Å². The summed E-state index contributed by atoms with van der Waals surface area (Å²) in [6.07, 6.45) is 1.83. The van der Waals surface area contributed by atoms with E-state index in [-0.39, 0.29) is 29.8 Å². The minimum absolute atomic E-state index is 0.141. The molecule has 3 aromatic rings. The number of aromatic nitrogens is 2.